The van der Waals surface area contributed by atoms with E-state index in [0.29, 0.717) is 12.4 Å². The summed E-state index contributed by atoms with van der Waals surface area (Å²) >= 11 is 0. The van der Waals surface area contributed by atoms with E-state index in [4.69, 9.17) is 0 Å². The zero-order valence-corrected chi connectivity index (χ0v) is 14.7. The molecular weight excluding hydrogens is 323 g/mol. The number of nitrogens with zero attached hydrogens (tertiary/aromatic N) is 6. The van der Waals surface area contributed by atoms with Crippen molar-refractivity contribution in [1.82, 2.24) is 30.0 Å². The van der Waals surface area contributed by atoms with E-state index >= 15 is 0 Å². The van der Waals surface area contributed by atoms with Gasteiger partial charge in [-0.1, -0.05) is 6.92 Å². The third-order valence-corrected chi connectivity index (χ3v) is 4.10. The summed E-state index contributed by atoms with van der Waals surface area (Å²) in [5, 5.41) is 14.4. The van der Waals surface area contributed by atoms with E-state index in [1.807, 2.05) is 18.5 Å². The van der Waals surface area contributed by atoms with Crippen LogP contribution in [0.3, 0.4) is 0 Å². The summed E-state index contributed by atoms with van der Waals surface area (Å²) in [6, 6.07) is -0.186. The highest BCUT2D eigenvalue weighted by Crippen LogP contribution is 2.39. The van der Waals surface area contributed by atoms with Crippen molar-refractivity contribution in [2.75, 3.05) is 30.5 Å². The number of halogens is 1. The number of rotatable bonds is 7. The summed E-state index contributed by atoms with van der Waals surface area (Å²) in [5.41, 5.74) is 0.823. The Morgan fingerprint density at radius 3 is 2.88 bits per heavy atom. The van der Waals surface area contributed by atoms with Crippen LogP contribution in [-0.4, -0.2) is 45.0 Å². The molecule has 0 aromatic carbocycles. The van der Waals surface area contributed by atoms with Gasteiger partial charge in [0.1, 0.15) is 11.5 Å². The summed E-state index contributed by atoms with van der Waals surface area (Å²) in [5.74, 6) is 2.75. The zero-order chi connectivity index (χ0) is 17.8. The predicted molar refractivity (Wildman–Crippen MR) is 94.5 cm³/mol. The van der Waals surface area contributed by atoms with Crippen LogP contribution in [-0.2, 0) is 0 Å². The van der Waals surface area contributed by atoms with Gasteiger partial charge in [0, 0.05) is 32.4 Å². The molecule has 8 nitrogen and oxygen atoms in total. The largest absolute Gasteiger partial charge is 0.393 e. The molecule has 1 aliphatic rings. The molecule has 2 aromatic rings. The van der Waals surface area contributed by atoms with Gasteiger partial charge < -0.3 is 15.5 Å². The van der Waals surface area contributed by atoms with Crippen LogP contribution in [0, 0.1) is 6.92 Å². The summed E-state index contributed by atoms with van der Waals surface area (Å²) in [7, 11) is 1.81. The van der Waals surface area contributed by atoms with Crippen LogP contribution in [0.25, 0.3) is 5.69 Å². The third kappa shape index (κ3) is 3.13. The highest BCUT2D eigenvalue weighted by atomic mass is 19.1. The molecule has 2 N–H and O–H groups in total. The Labute approximate surface area is 146 Å². The molecule has 9 heteroatoms. The van der Waals surface area contributed by atoms with Crippen LogP contribution in [0.4, 0.5) is 16.2 Å². The number of aromatic nitrogens is 5. The predicted octanol–water partition coefficient (Wildman–Crippen LogP) is 2.10. The number of nitrogens with one attached hydrogen (secondary N) is 2. The van der Waals surface area contributed by atoms with Crippen molar-refractivity contribution in [2.45, 2.75) is 32.7 Å². The summed E-state index contributed by atoms with van der Waals surface area (Å²) in [4.78, 5) is 11.1. The van der Waals surface area contributed by atoms with Gasteiger partial charge >= 0.3 is 0 Å². The van der Waals surface area contributed by atoms with Gasteiger partial charge in [-0.3, -0.25) is 8.96 Å². The Bertz CT molecular complexity index is 757. The SMILES string of the molecule is CCCN1c2nc(N/C=C\NC)ncc2-n2c(C)nnc2[C@H]1CCF. The topological polar surface area (TPSA) is 83.8 Å². The summed E-state index contributed by atoms with van der Waals surface area (Å²) < 4.78 is 15.1. The highest BCUT2D eigenvalue weighted by Gasteiger charge is 2.35. The van der Waals surface area contributed by atoms with E-state index in [9.17, 15) is 4.39 Å². The van der Waals surface area contributed by atoms with Gasteiger partial charge in [0.05, 0.1) is 18.9 Å². The summed E-state index contributed by atoms with van der Waals surface area (Å²) in [6.07, 6.45) is 6.50. The Balaban J connectivity index is 2.09. The molecule has 1 aliphatic heterocycles. The lowest BCUT2D eigenvalue weighted by molar-refractivity contribution is 0.410. The maximum atomic E-state index is 13.2. The van der Waals surface area contributed by atoms with E-state index in [2.05, 4.69) is 42.6 Å². The van der Waals surface area contributed by atoms with Crippen LogP contribution in [0.2, 0.25) is 0 Å². The number of hydrogen-bond donors (Lipinski definition) is 2. The molecule has 1 atom stereocenters. The molecule has 0 radical (unpaired) electrons. The first-order valence-electron chi connectivity index (χ1n) is 8.42. The lowest BCUT2D eigenvalue weighted by atomic mass is 10.1. The first-order valence-corrected chi connectivity index (χ1v) is 8.42. The lowest BCUT2D eigenvalue weighted by Gasteiger charge is -2.37. The molecule has 0 aliphatic carbocycles. The van der Waals surface area contributed by atoms with Gasteiger partial charge in [-0.05, 0) is 13.3 Å². The average molecular weight is 346 g/mol. The van der Waals surface area contributed by atoms with Crippen LogP contribution >= 0.6 is 0 Å². The fourth-order valence-corrected chi connectivity index (χ4v) is 3.07. The molecule has 3 heterocycles. The second-order valence-electron chi connectivity index (χ2n) is 5.80. The molecule has 0 saturated carbocycles. The first-order chi connectivity index (χ1) is 12.2. The van der Waals surface area contributed by atoms with E-state index in [1.165, 1.54) is 0 Å². The van der Waals surface area contributed by atoms with Crippen molar-refractivity contribution >= 4 is 11.8 Å². The molecule has 0 amide bonds. The van der Waals surface area contributed by atoms with E-state index < -0.39 is 6.67 Å². The maximum absolute atomic E-state index is 13.2. The smallest absolute Gasteiger partial charge is 0.228 e. The number of hydrogen-bond acceptors (Lipinski definition) is 7. The second kappa shape index (κ2) is 7.45. The normalized spacial score (nSPS) is 16.0. The molecule has 25 heavy (non-hydrogen) atoms. The molecule has 3 rings (SSSR count). The van der Waals surface area contributed by atoms with Gasteiger partial charge in [0.2, 0.25) is 5.95 Å². The maximum Gasteiger partial charge on any atom is 0.228 e. The third-order valence-electron chi connectivity index (χ3n) is 4.10. The first kappa shape index (κ1) is 17.1. The minimum atomic E-state index is -0.423. The van der Waals surface area contributed by atoms with Crippen molar-refractivity contribution in [3.05, 3.63) is 30.2 Å². The van der Waals surface area contributed by atoms with Crippen molar-refractivity contribution in [3.8, 4) is 5.69 Å². The molecular formula is C16H23FN8. The Hall–Kier alpha value is -2.71. The Kier molecular flexibility index (Phi) is 5.11. The molecule has 2 aromatic heterocycles. The van der Waals surface area contributed by atoms with Gasteiger partial charge in [0.15, 0.2) is 11.6 Å². The molecule has 134 valence electrons. The highest BCUT2D eigenvalue weighted by molar-refractivity contribution is 5.63. The zero-order valence-electron chi connectivity index (χ0n) is 14.7. The van der Waals surface area contributed by atoms with E-state index in [0.717, 1.165) is 36.1 Å². The molecule has 0 bridgehead atoms. The number of aryl methyl sites for hydroxylation is 1. The van der Waals surface area contributed by atoms with Crippen molar-refractivity contribution in [2.24, 2.45) is 0 Å². The molecule has 0 unspecified atom stereocenters. The van der Waals surface area contributed by atoms with Crippen LogP contribution in [0.1, 0.15) is 37.5 Å². The van der Waals surface area contributed by atoms with Gasteiger partial charge in [0.25, 0.3) is 0 Å². The Morgan fingerprint density at radius 2 is 2.16 bits per heavy atom. The fraction of sp³-hybridized carbons (Fsp3) is 0.500. The van der Waals surface area contributed by atoms with Gasteiger partial charge in [-0.2, -0.15) is 4.98 Å². The molecule has 0 saturated heterocycles. The van der Waals surface area contributed by atoms with Gasteiger partial charge in [-0.25, -0.2) is 4.98 Å². The van der Waals surface area contributed by atoms with Crippen LogP contribution in [0.15, 0.2) is 18.6 Å². The quantitative estimate of drug-likeness (QED) is 0.794. The van der Waals surface area contributed by atoms with Crippen LogP contribution < -0.4 is 15.5 Å². The fourth-order valence-electron chi connectivity index (χ4n) is 3.07. The summed E-state index contributed by atoms with van der Waals surface area (Å²) in [6.45, 7) is 4.30. The lowest BCUT2D eigenvalue weighted by Crippen LogP contribution is -2.37. The number of anilines is 2. The van der Waals surface area contributed by atoms with Crippen molar-refractivity contribution < 1.29 is 4.39 Å². The number of alkyl halides is 1. The molecule has 0 fully saturated rings. The van der Waals surface area contributed by atoms with Gasteiger partial charge in [-0.15, -0.1) is 10.2 Å². The molecule has 0 spiro atoms. The standard InChI is InChI=1S/C16H23FN8/c1-4-9-24-12(5-6-17)15-23-22-11(2)25(15)13-10-20-16(21-14(13)24)19-8-7-18-3/h7-8,10,12,18H,4-6,9H2,1-3H3,(H,19,20,21)/b8-7-/t12-/m1/s1. The van der Waals surface area contributed by atoms with E-state index in [-0.39, 0.29) is 6.04 Å². The van der Waals surface area contributed by atoms with E-state index in [1.54, 1.807) is 18.6 Å². The minimum Gasteiger partial charge on any atom is -0.393 e. The van der Waals surface area contributed by atoms with Crippen molar-refractivity contribution in [3.63, 3.8) is 0 Å². The van der Waals surface area contributed by atoms with Crippen LogP contribution in [0.5, 0.6) is 0 Å². The Morgan fingerprint density at radius 1 is 1.32 bits per heavy atom. The monoisotopic (exact) mass is 346 g/mol. The van der Waals surface area contributed by atoms with Crippen molar-refractivity contribution in [1.29, 1.82) is 0 Å². The average Bonchev–Trinajstić information content (AvgIpc) is 3.00. The number of fused-ring (bicyclic) bond motifs is 3. The minimum absolute atomic E-state index is 0.186. The second-order valence-corrected chi connectivity index (χ2v) is 5.80.